The van der Waals surface area contributed by atoms with Crippen molar-refractivity contribution >= 4 is 23.7 Å². The molecule has 4 rings (SSSR count). The molecule has 0 radical (unpaired) electrons. The lowest BCUT2D eigenvalue weighted by atomic mass is 10.1. The molecule has 0 unspecified atom stereocenters. The van der Waals surface area contributed by atoms with Crippen LogP contribution in [0, 0.1) is 21.4 Å². The molecule has 1 saturated heterocycles. The number of nitrogens with zero attached hydrogens (tertiary/aromatic N) is 4. The summed E-state index contributed by atoms with van der Waals surface area (Å²) in [5.41, 5.74) is 1.63. The van der Waals surface area contributed by atoms with Crippen molar-refractivity contribution in [3.8, 4) is 11.8 Å². The topological polar surface area (TPSA) is 154 Å². The zero-order chi connectivity index (χ0) is 24.4. The van der Waals surface area contributed by atoms with Crippen molar-refractivity contribution in [3.05, 3.63) is 97.1 Å². The Balaban J connectivity index is 1.64. The summed E-state index contributed by atoms with van der Waals surface area (Å²) in [7, 11) is 0. The molecule has 0 aliphatic carbocycles. The quantitative estimate of drug-likeness (QED) is 0.250. The molecule has 2 aromatic carbocycles. The molecular formula is C23H18N6O5. The van der Waals surface area contributed by atoms with Gasteiger partial charge in [-0.3, -0.25) is 29.7 Å². The number of urea groups is 1. The maximum Gasteiger partial charge on any atom is 0.329 e. The monoisotopic (exact) mass is 458 g/mol. The first-order chi connectivity index (χ1) is 16.3. The van der Waals surface area contributed by atoms with Crippen LogP contribution >= 0.6 is 0 Å². The highest BCUT2D eigenvalue weighted by Crippen LogP contribution is 2.19. The zero-order valence-corrected chi connectivity index (χ0v) is 17.9. The number of amides is 3. The molecule has 0 atom stereocenters. The number of H-pyrrole nitrogens is 1. The number of nitro benzene ring substituents is 1. The van der Waals surface area contributed by atoms with E-state index >= 15 is 0 Å². The first kappa shape index (κ1) is 22.2. The molecule has 2 heterocycles. The number of aryl methyl sites for hydroxylation is 1. The van der Waals surface area contributed by atoms with E-state index < -0.39 is 22.4 Å². The molecule has 0 bridgehead atoms. The van der Waals surface area contributed by atoms with Crippen LogP contribution in [0.1, 0.15) is 29.3 Å². The van der Waals surface area contributed by atoms with Crippen molar-refractivity contribution in [1.82, 2.24) is 20.0 Å². The molecule has 34 heavy (non-hydrogen) atoms. The number of nitriles is 1. The number of carbonyl (C=O) groups is 2. The van der Waals surface area contributed by atoms with Gasteiger partial charge in [0, 0.05) is 17.8 Å². The van der Waals surface area contributed by atoms with Crippen LogP contribution in [0.25, 0.3) is 11.8 Å². The predicted octanol–water partition coefficient (Wildman–Crippen LogP) is 2.60. The van der Waals surface area contributed by atoms with Crippen molar-refractivity contribution in [2.75, 3.05) is 0 Å². The largest absolute Gasteiger partial charge is 0.329 e. The van der Waals surface area contributed by atoms with Crippen LogP contribution < -0.4 is 10.9 Å². The maximum atomic E-state index is 13.1. The van der Waals surface area contributed by atoms with Gasteiger partial charge in [0.05, 0.1) is 34.4 Å². The molecule has 1 aromatic heterocycles. The van der Waals surface area contributed by atoms with Crippen LogP contribution in [-0.2, 0) is 17.8 Å². The number of aromatic nitrogens is 2. The van der Waals surface area contributed by atoms with E-state index in [1.165, 1.54) is 35.0 Å². The van der Waals surface area contributed by atoms with Crippen molar-refractivity contribution in [2.45, 2.75) is 19.9 Å². The summed E-state index contributed by atoms with van der Waals surface area (Å²) >= 11 is 0. The number of nitro groups is 1. The van der Waals surface area contributed by atoms with E-state index in [1.807, 2.05) is 13.0 Å². The number of aromatic amines is 1. The molecular weight excluding hydrogens is 440 g/mol. The van der Waals surface area contributed by atoms with Gasteiger partial charge in [-0.2, -0.15) is 5.26 Å². The Kier molecular flexibility index (Phi) is 5.80. The van der Waals surface area contributed by atoms with Crippen LogP contribution in [0.5, 0.6) is 0 Å². The van der Waals surface area contributed by atoms with Gasteiger partial charge >= 0.3 is 6.03 Å². The second kappa shape index (κ2) is 8.87. The van der Waals surface area contributed by atoms with E-state index in [0.717, 1.165) is 4.90 Å². The third kappa shape index (κ3) is 4.07. The van der Waals surface area contributed by atoms with Crippen LogP contribution in [0.15, 0.2) is 59.0 Å². The molecule has 1 aliphatic heterocycles. The first-order valence-electron chi connectivity index (χ1n) is 10.2. The minimum absolute atomic E-state index is 0.00845. The minimum atomic E-state index is -0.620. The Morgan fingerprint density at radius 3 is 2.35 bits per heavy atom. The zero-order valence-electron chi connectivity index (χ0n) is 17.9. The van der Waals surface area contributed by atoms with Crippen LogP contribution in [0.3, 0.4) is 0 Å². The molecule has 3 aromatic rings. The second-order valence-electron chi connectivity index (χ2n) is 7.46. The van der Waals surface area contributed by atoms with E-state index in [9.17, 15) is 24.5 Å². The van der Waals surface area contributed by atoms with Crippen molar-refractivity contribution in [2.24, 2.45) is 0 Å². The van der Waals surface area contributed by atoms with Gasteiger partial charge in [0.2, 0.25) is 0 Å². The first-order valence-corrected chi connectivity index (χ1v) is 10.2. The van der Waals surface area contributed by atoms with Gasteiger partial charge in [0.1, 0.15) is 5.70 Å². The van der Waals surface area contributed by atoms with Crippen LogP contribution in [-0.4, -0.2) is 31.5 Å². The lowest BCUT2D eigenvalue weighted by Gasteiger charge is -2.11. The van der Waals surface area contributed by atoms with Gasteiger partial charge in [-0.1, -0.05) is 19.1 Å². The molecule has 0 saturated carbocycles. The maximum absolute atomic E-state index is 13.1. The number of hydrogen-bond acceptors (Lipinski definition) is 6. The molecule has 11 nitrogen and oxygen atoms in total. The Morgan fingerprint density at radius 2 is 1.76 bits per heavy atom. The summed E-state index contributed by atoms with van der Waals surface area (Å²) in [6, 6.07) is 13.3. The highest BCUT2D eigenvalue weighted by molar-refractivity contribution is 6.13. The summed E-state index contributed by atoms with van der Waals surface area (Å²) in [6.45, 7) is 1.83. The van der Waals surface area contributed by atoms with E-state index in [4.69, 9.17) is 5.26 Å². The molecule has 3 amide bonds. The summed E-state index contributed by atoms with van der Waals surface area (Å²) in [5, 5.41) is 25.2. The highest BCUT2D eigenvalue weighted by Gasteiger charge is 2.34. The number of benzene rings is 2. The Morgan fingerprint density at radius 1 is 1.09 bits per heavy atom. The molecule has 2 N–H and O–H groups in total. The fourth-order valence-electron chi connectivity index (χ4n) is 3.55. The number of imide groups is 1. The fraction of sp³-hybridized carbons (Fsp3) is 0.130. The number of rotatable bonds is 6. The van der Waals surface area contributed by atoms with Crippen molar-refractivity contribution in [1.29, 1.82) is 5.26 Å². The lowest BCUT2D eigenvalue weighted by Crippen LogP contribution is -2.30. The standard InChI is InChI=1S/C23H18N6O5/c1-2-19-18(21(30)28(26-19)16-7-9-17(10-8-16)29(33)34)11-20-22(31)27(23(32)25-20)13-15-5-3-14(12-24)4-6-15/h3-11,26H,2,13H2,1H3,(H,25,32). The van der Waals surface area contributed by atoms with E-state index in [2.05, 4.69) is 10.4 Å². The molecule has 0 spiro atoms. The van der Waals surface area contributed by atoms with Crippen molar-refractivity contribution in [3.63, 3.8) is 0 Å². The van der Waals surface area contributed by atoms with Crippen molar-refractivity contribution < 1.29 is 14.5 Å². The van der Waals surface area contributed by atoms with Gasteiger partial charge in [0.25, 0.3) is 17.2 Å². The Labute approximate surface area is 192 Å². The summed E-state index contributed by atoms with van der Waals surface area (Å²) in [5.74, 6) is -0.584. The molecule has 11 heteroatoms. The summed E-state index contributed by atoms with van der Waals surface area (Å²) < 4.78 is 1.23. The number of hydrogen-bond donors (Lipinski definition) is 2. The Hall–Kier alpha value is -4.98. The molecule has 1 fully saturated rings. The highest BCUT2D eigenvalue weighted by atomic mass is 16.6. The summed E-state index contributed by atoms with van der Waals surface area (Å²) in [6.07, 6.45) is 1.77. The van der Waals surface area contributed by atoms with E-state index in [0.29, 0.717) is 28.9 Å². The number of non-ortho nitro benzene ring substituents is 1. The van der Waals surface area contributed by atoms with Crippen LogP contribution in [0.4, 0.5) is 10.5 Å². The fourth-order valence-corrected chi connectivity index (χ4v) is 3.55. The second-order valence-corrected chi connectivity index (χ2v) is 7.46. The predicted molar refractivity (Wildman–Crippen MR) is 121 cm³/mol. The number of carbonyl (C=O) groups excluding carboxylic acids is 2. The normalized spacial score (nSPS) is 14.4. The smallest absolute Gasteiger partial charge is 0.303 e. The summed E-state index contributed by atoms with van der Waals surface area (Å²) in [4.78, 5) is 49.7. The third-order valence-corrected chi connectivity index (χ3v) is 5.35. The van der Waals surface area contributed by atoms with Gasteiger partial charge in [-0.25, -0.2) is 9.48 Å². The minimum Gasteiger partial charge on any atom is -0.303 e. The third-order valence-electron chi connectivity index (χ3n) is 5.35. The van der Waals surface area contributed by atoms with Gasteiger partial charge in [-0.15, -0.1) is 0 Å². The molecule has 170 valence electrons. The number of nitrogens with one attached hydrogen (secondary N) is 2. The average molecular weight is 458 g/mol. The van der Waals surface area contributed by atoms with Gasteiger partial charge in [-0.05, 0) is 42.3 Å². The van der Waals surface area contributed by atoms with Crippen LogP contribution in [0.2, 0.25) is 0 Å². The molecule has 1 aliphatic rings. The lowest BCUT2D eigenvalue weighted by molar-refractivity contribution is -0.384. The van der Waals surface area contributed by atoms with E-state index in [1.54, 1.807) is 24.3 Å². The van der Waals surface area contributed by atoms with Gasteiger partial charge < -0.3 is 5.32 Å². The Bertz CT molecular complexity index is 1420. The van der Waals surface area contributed by atoms with E-state index in [-0.39, 0.29) is 23.5 Å². The average Bonchev–Trinajstić information content (AvgIpc) is 3.30. The SMILES string of the molecule is CCc1[nH]n(-c2ccc([N+](=O)[O-])cc2)c(=O)c1C=C1NC(=O)N(Cc2ccc(C#N)cc2)C1=O. The van der Waals surface area contributed by atoms with Gasteiger partial charge in [0.15, 0.2) is 0 Å².